The number of piperidine rings is 1. The molecule has 2 rings (SSSR count). The number of halogens is 3. The highest BCUT2D eigenvalue weighted by Gasteiger charge is 2.33. The van der Waals surface area contributed by atoms with Crippen molar-refractivity contribution >= 4 is 0 Å². The fraction of sp³-hybridized carbons (Fsp3) is 1.00. The maximum absolute atomic E-state index is 11.6. The van der Waals surface area contributed by atoms with Crippen LogP contribution in [0.1, 0.15) is 135 Å². The van der Waals surface area contributed by atoms with Gasteiger partial charge in [0.05, 0.1) is 0 Å². The molecule has 0 N–H and O–H groups in total. The van der Waals surface area contributed by atoms with E-state index in [-0.39, 0.29) is 0 Å². The number of likely N-dealkylation sites (tertiary alicyclic amines) is 1. The molecule has 1 nitrogen and oxygen atoms in total. The number of nitrogens with zero attached hydrogens (tertiary/aromatic N) is 1. The molecule has 2 fully saturated rings. The summed E-state index contributed by atoms with van der Waals surface area (Å²) in [6, 6.07) is 0. The Morgan fingerprint density at radius 1 is 0.647 bits per heavy atom. The highest BCUT2D eigenvalue weighted by Crippen LogP contribution is 2.37. The summed E-state index contributed by atoms with van der Waals surface area (Å²) in [6.07, 6.45) is 3.97. The van der Waals surface area contributed by atoms with Gasteiger partial charge in [0.15, 0.2) is 0 Å². The van der Waals surface area contributed by atoms with Gasteiger partial charge in [0, 0.05) is 6.42 Å². The third-order valence-corrected chi connectivity index (χ3v) is 5.80. The molecule has 208 valence electrons. The van der Waals surface area contributed by atoms with Crippen LogP contribution < -0.4 is 0 Å². The molecule has 34 heavy (non-hydrogen) atoms. The lowest BCUT2D eigenvalue weighted by molar-refractivity contribution is -0.152. The third-order valence-electron chi connectivity index (χ3n) is 5.80. The Morgan fingerprint density at radius 2 is 1.03 bits per heavy atom. The molecule has 2 aliphatic rings. The summed E-state index contributed by atoms with van der Waals surface area (Å²) in [4.78, 5) is 2.43. The van der Waals surface area contributed by atoms with Crippen molar-refractivity contribution in [3.8, 4) is 0 Å². The molecular weight excluding hydrogens is 431 g/mol. The summed E-state index contributed by atoms with van der Waals surface area (Å²) in [5.74, 6) is 2.02. The van der Waals surface area contributed by atoms with E-state index in [1.54, 1.807) is 20.8 Å². The number of hydrogen-bond acceptors (Lipinski definition) is 1. The van der Waals surface area contributed by atoms with Gasteiger partial charge in [0.1, 0.15) is 0 Å². The highest BCUT2D eigenvalue weighted by atomic mass is 19.4. The Balaban J connectivity index is 0. The molecule has 4 heteroatoms. The van der Waals surface area contributed by atoms with Crippen LogP contribution >= 0.6 is 0 Å². The molecule has 0 aromatic rings. The van der Waals surface area contributed by atoms with Crippen molar-refractivity contribution in [3.63, 3.8) is 0 Å². The maximum atomic E-state index is 11.6. The van der Waals surface area contributed by atoms with Gasteiger partial charge in [-0.25, -0.2) is 0 Å². The predicted octanol–water partition coefficient (Wildman–Crippen LogP) is 10.6. The van der Waals surface area contributed by atoms with Crippen LogP contribution in [0.2, 0.25) is 0 Å². The lowest BCUT2D eigenvalue weighted by atomic mass is 9.74. The van der Waals surface area contributed by atoms with Crippen LogP contribution in [-0.4, -0.2) is 31.2 Å². The molecule has 0 unspecified atom stereocenters. The molecule has 0 bridgehead atoms. The Kier molecular flexibility index (Phi) is 15.3. The SMILES string of the molecule is CC(C)(C)C.CC(C)(C)CC(F)(F)F.CC(C)(C)CC1CCC1.CN1CCC(C(C)(C)C)CC1. The van der Waals surface area contributed by atoms with Gasteiger partial charge in [0.25, 0.3) is 0 Å². The quantitative estimate of drug-likeness (QED) is 0.351. The fourth-order valence-electron chi connectivity index (χ4n) is 4.04. The standard InChI is InChI=1S/C10H21N.C9H18.C6H11F3.C5H12/c1-10(2,3)9-5-7-11(4)8-6-9;1-9(2,3)7-8-5-4-6-8;1-5(2,3)4-6(7,8)9;1-5(2,3)4/h9H,5-8H2,1-4H3;8H,4-7H2,1-3H3;4H2,1-3H3;1-4H3. The summed E-state index contributed by atoms with van der Waals surface area (Å²) < 4.78 is 34.7. The lowest BCUT2D eigenvalue weighted by Gasteiger charge is -2.37. The van der Waals surface area contributed by atoms with Crippen molar-refractivity contribution in [1.29, 1.82) is 0 Å². The largest absolute Gasteiger partial charge is 0.389 e. The number of rotatable bonds is 1. The van der Waals surface area contributed by atoms with E-state index in [2.05, 4.69) is 81.2 Å². The topological polar surface area (TPSA) is 3.24 Å². The predicted molar refractivity (Wildman–Crippen MR) is 146 cm³/mol. The van der Waals surface area contributed by atoms with Gasteiger partial charge in [-0.3, -0.25) is 0 Å². The van der Waals surface area contributed by atoms with Gasteiger partial charge in [0.2, 0.25) is 0 Å². The van der Waals surface area contributed by atoms with E-state index < -0.39 is 18.0 Å². The molecule has 0 radical (unpaired) electrons. The normalized spacial score (nSPS) is 19.0. The summed E-state index contributed by atoms with van der Waals surface area (Å²) in [7, 11) is 2.22. The van der Waals surface area contributed by atoms with Crippen LogP contribution in [0.3, 0.4) is 0 Å². The molecular formula is C30H62F3N. The van der Waals surface area contributed by atoms with E-state index in [0.29, 0.717) is 16.2 Å². The summed E-state index contributed by atoms with van der Waals surface area (Å²) in [5.41, 5.74) is 0.963. The first-order valence-electron chi connectivity index (χ1n) is 13.5. The van der Waals surface area contributed by atoms with Crippen LogP contribution in [0.15, 0.2) is 0 Å². The Morgan fingerprint density at radius 3 is 1.18 bits per heavy atom. The van der Waals surface area contributed by atoms with Gasteiger partial charge in [-0.2, -0.15) is 13.2 Å². The molecule has 0 aromatic heterocycles. The Labute approximate surface area is 213 Å². The van der Waals surface area contributed by atoms with Gasteiger partial charge in [-0.1, -0.05) is 109 Å². The van der Waals surface area contributed by atoms with Crippen molar-refractivity contribution < 1.29 is 13.2 Å². The zero-order valence-electron chi connectivity index (χ0n) is 25.6. The third kappa shape index (κ3) is 28.0. The molecule has 0 spiro atoms. The van der Waals surface area contributed by atoms with E-state index in [9.17, 15) is 13.2 Å². The zero-order chi connectivity index (χ0) is 27.6. The second-order valence-corrected chi connectivity index (χ2v) is 15.9. The van der Waals surface area contributed by atoms with Crippen molar-refractivity contribution in [2.45, 2.75) is 141 Å². The molecule has 1 aliphatic heterocycles. The van der Waals surface area contributed by atoms with Crippen LogP contribution in [0.25, 0.3) is 0 Å². The molecule has 1 saturated carbocycles. The first kappa shape index (κ1) is 35.9. The second kappa shape index (κ2) is 14.5. The van der Waals surface area contributed by atoms with Gasteiger partial charge >= 0.3 is 6.18 Å². The van der Waals surface area contributed by atoms with E-state index in [0.717, 1.165) is 11.8 Å². The average molecular weight is 494 g/mol. The number of hydrogen-bond donors (Lipinski definition) is 0. The van der Waals surface area contributed by atoms with Crippen LogP contribution in [0.4, 0.5) is 13.2 Å². The monoisotopic (exact) mass is 493 g/mol. The minimum absolute atomic E-state index is 0.500. The van der Waals surface area contributed by atoms with E-state index in [4.69, 9.17) is 0 Å². The zero-order valence-corrected chi connectivity index (χ0v) is 25.6. The van der Waals surface area contributed by atoms with Gasteiger partial charge < -0.3 is 4.90 Å². The molecule has 0 amide bonds. The maximum Gasteiger partial charge on any atom is 0.389 e. The minimum Gasteiger partial charge on any atom is -0.306 e. The van der Waals surface area contributed by atoms with E-state index >= 15 is 0 Å². The van der Waals surface area contributed by atoms with Crippen molar-refractivity contribution in [1.82, 2.24) is 4.90 Å². The van der Waals surface area contributed by atoms with Crippen LogP contribution in [-0.2, 0) is 0 Å². The lowest BCUT2D eigenvalue weighted by Crippen LogP contribution is -2.35. The smallest absolute Gasteiger partial charge is 0.306 e. The fourth-order valence-corrected chi connectivity index (χ4v) is 4.04. The molecule has 1 saturated heterocycles. The first-order chi connectivity index (χ1) is 14.8. The van der Waals surface area contributed by atoms with Crippen molar-refractivity contribution in [3.05, 3.63) is 0 Å². The van der Waals surface area contributed by atoms with Crippen molar-refractivity contribution in [2.75, 3.05) is 20.1 Å². The van der Waals surface area contributed by atoms with E-state index in [1.165, 1.54) is 51.6 Å². The van der Waals surface area contributed by atoms with Gasteiger partial charge in [-0.05, 0) is 72.9 Å². The molecule has 1 heterocycles. The van der Waals surface area contributed by atoms with Crippen LogP contribution in [0, 0.1) is 33.5 Å². The van der Waals surface area contributed by atoms with Gasteiger partial charge in [-0.15, -0.1) is 0 Å². The van der Waals surface area contributed by atoms with Crippen LogP contribution in [0.5, 0.6) is 0 Å². The second-order valence-electron chi connectivity index (χ2n) is 15.9. The summed E-state index contributed by atoms with van der Waals surface area (Å²) in [5, 5.41) is 0. The summed E-state index contributed by atoms with van der Waals surface area (Å²) in [6.45, 7) is 30.2. The van der Waals surface area contributed by atoms with E-state index in [1.807, 2.05) is 0 Å². The minimum atomic E-state index is -4.02. The molecule has 0 atom stereocenters. The summed E-state index contributed by atoms with van der Waals surface area (Å²) >= 11 is 0. The van der Waals surface area contributed by atoms with Crippen molar-refractivity contribution in [2.24, 2.45) is 33.5 Å². The average Bonchev–Trinajstić information content (AvgIpc) is 2.46. The molecule has 0 aromatic carbocycles. The number of alkyl halides is 3. The Bertz CT molecular complexity index is 480. The molecule has 1 aliphatic carbocycles. The highest BCUT2D eigenvalue weighted by molar-refractivity contribution is 4.79. The first-order valence-corrected chi connectivity index (χ1v) is 13.5. The Hall–Kier alpha value is -0.250.